The number of thiazole rings is 1. The van der Waals surface area contributed by atoms with Gasteiger partial charge in [0.2, 0.25) is 5.91 Å². The minimum Gasteiger partial charge on any atom is -0.381 e. The van der Waals surface area contributed by atoms with Crippen LogP contribution >= 0.6 is 11.3 Å². The summed E-state index contributed by atoms with van der Waals surface area (Å²) in [5.41, 5.74) is 0. The molecule has 130 valence electrons. The second-order valence-electron chi connectivity index (χ2n) is 6.94. The van der Waals surface area contributed by atoms with Gasteiger partial charge in [0.15, 0.2) is 5.13 Å². The number of rotatable bonds is 5. The van der Waals surface area contributed by atoms with Gasteiger partial charge in [-0.05, 0) is 49.9 Å². The van der Waals surface area contributed by atoms with E-state index in [1.54, 1.807) is 11.3 Å². The number of nitrogens with one attached hydrogen (secondary N) is 1. The van der Waals surface area contributed by atoms with E-state index in [-0.39, 0.29) is 11.8 Å². The van der Waals surface area contributed by atoms with Crippen LogP contribution in [-0.2, 0) is 9.53 Å². The average Bonchev–Trinajstić information content (AvgIpc) is 3.21. The van der Waals surface area contributed by atoms with E-state index < -0.39 is 0 Å². The molecular weight excluding hydrogens is 322 g/mol. The standard InChI is InChI=1S/C18H25N3O2S/c1-12-13(3-2-8-19)4-5-15(12)17(22)21-18-20-11-16(24-18)14-6-9-23-10-7-14/h11-15H,2-7,9-10H2,1H3,(H,20,21,22)/t12-,13?,15+/m1/s1. The molecule has 1 saturated heterocycles. The molecule has 1 unspecified atom stereocenters. The van der Waals surface area contributed by atoms with Gasteiger partial charge in [-0.2, -0.15) is 5.26 Å². The molecule has 0 bridgehead atoms. The number of amides is 1. The summed E-state index contributed by atoms with van der Waals surface area (Å²) in [5.74, 6) is 1.49. The van der Waals surface area contributed by atoms with Crippen molar-refractivity contribution in [3.63, 3.8) is 0 Å². The van der Waals surface area contributed by atoms with Gasteiger partial charge < -0.3 is 10.1 Å². The van der Waals surface area contributed by atoms with E-state index in [1.807, 2.05) is 6.20 Å². The summed E-state index contributed by atoms with van der Waals surface area (Å²) in [6.45, 7) is 3.77. The maximum atomic E-state index is 12.6. The van der Waals surface area contributed by atoms with Crippen molar-refractivity contribution in [1.82, 2.24) is 4.98 Å². The van der Waals surface area contributed by atoms with Crippen LogP contribution in [0, 0.1) is 29.1 Å². The third kappa shape index (κ3) is 3.96. The van der Waals surface area contributed by atoms with E-state index in [9.17, 15) is 4.79 Å². The topological polar surface area (TPSA) is 75.0 Å². The fourth-order valence-corrected chi connectivity index (χ4v) is 4.98. The molecule has 1 saturated carbocycles. The van der Waals surface area contributed by atoms with Crippen LogP contribution in [0.25, 0.3) is 0 Å². The molecule has 2 heterocycles. The van der Waals surface area contributed by atoms with Crippen LogP contribution in [0.2, 0.25) is 0 Å². The second-order valence-corrected chi connectivity index (χ2v) is 8.01. The van der Waals surface area contributed by atoms with Gasteiger partial charge in [0.25, 0.3) is 0 Å². The minimum atomic E-state index is 0.0455. The van der Waals surface area contributed by atoms with E-state index in [2.05, 4.69) is 23.3 Å². The number of aromatic nitrogens is 1. The molecule has 1 amide bonds. The largest absolute Gasteiger partial charge is 0.381 e. The van der Waals surface area contributed by atoms with Crippen molar-refractivity contribution in [2.24, 2.45) is 17.8 Å². The van der Waals surface area contributed by atoms with Crippen molar-refractivity contribution in [2.45, 2.75) is 51.4 Å². The summed E-state index contributed by atoms with van der Waals surface area (Å²) in [7, 11) is 0. The fraction of sp³-hybridized carbons (Fsp3) is 0.722. The maximum Gasteiger partial charge on any atom is 0.229 e. The summed E-state index contributed by atoms with van der Waals surface area (Å²) in [6.07, 6.45) is 7.44. The van der Waals surface area contributed by atoms with E-state index in [0.29, 0.717) is 29.3 Å². The highest BCUT2D eigenvalue weighted by Crippen LogP contribution is 2.40. The Morgan fingerprint density at radius 1 is 1.42 bits per heavy atom. The van der Waals surface area contributed by atoms with E-state index in [0.717, 1.165) is 45.3 Å². The number of nitriles is 1. The van der Waals surface area contributed by atoms with Crippen molar-refractivity contribution >= 4 is 22.4 Å². The number of carbonyl (C=O) groups excluding carboxylic acids is 1. The van der Waals surface area contributed by atoms with Gasteiger partial charge >= 0.3 is 0 Å². The lowest BCUT2D eigenvalue weighted by atomic mass is 9.88. The summed E-state index contributed by atoms with van der Waals surface area (Å²) in [4.78, 5) is 18.2. The molecule has 3 rings (SSSR count). The van der Waals surface area contributed by atoms with Gasteiger partial charge in [0, 0.05) is 36.6 Å². The number of hydrogen-bond donors (Lipinski definition) is 1. The molecule has 0 radical (unpaired) electrons. The molecule has 5 nitrogen and oxygen atoms in total. The summed E-state index contributed by atoms with van der Waals surface area (Å²) in [6, 6.07) is 2.22. The lowest BCUT2D eigenvalue weighted by molar-refractivity contribution is -0.120. The average molecular weight is 347 g/mol. The molecular formula is C18H25N3O2S. The van der Waals surface area contributed by atoms with Gasteiger partial charge in [0.05, 0.1) is 6.07 Å². The van der Waals surface area contributed by atoms with Gasteiger partial charge in [-0.25, -0.2) is 4.98 Å². The second kappa shape index (κ2) is 8.09. The zero-order valence-electron chi connectivity index (χ0n) is 14.2. The first kappa shape index (κ1) is 17.4. The van der Waals surface area contributed by atoms with Crippen LogP contribution in [-0.4, -0.2) is 24.1 Å². The number of ether oxygens (including phenoxy) is 1. The Morgan fingerprint density at radius 3 is 2.96 bits per heavy atom. The number of anilines is 1. The zero-order chi connectivity index (χ0) is 16.9. The van der Waals surface area contributed by atoms with Gasteiger partial charge in [-0.15, -0.1) is 11.3 Å². The Morgan fingerprint density at radius 2 is 2.21 bits per heavy atom. The molecule has 1 aliphatic carbocycles. The summed E-state index contributed by atoms with van der Waals surface area (Å²) >= 11 is 1.60. The van der Waals surface area contributed by atoms with Crippen molar-refractivity contribution in [2.75, 3.05) is 18.5 Å². The van der Waals surface area contributed by atoms with Crippen molar-refractivity contribution < 1.29 is 9.53 Å². The lowest BCUT2D eigenvalue weighted by Gasteiger charge is -2.20. The van der Waals surface area contributed by atoms with Crippen LogP contribution in [0.1, 0.15) is 56.2 Å². The first-order chi connectivity index (χ1) is 11.7. The van der Waals surface area contributed by atoms with Crippen molar-refractivity contribution in [1.29, 1.82) is 5.26 Å². The normalized spacial score (nSPS) is 27.8. The van der Waals surface area contributed by atoms with Crippen LogP contribution in [0.5, 0.6) is 0 Å². The Kier molecular flexibility index (Phi) is 5.85. The minimum absolute atomic E-state index is 0.0455. The smallest absolute Gasteiger partial charge is 0.229 e. The molecule has 1 aromatic rings. The van der Waals surface area contributed by atoms with Gasteiger partial charge in [0.1, 0.15) is 0 Å². The molecule has 2 aliphatic rings. The monoisotopic (exact) mass is 347 g/mol. The van der Waals surface area contributed by atoms with Crippen molar-refractivity contribution in [3.8, 4) is 6.07 Å². The predicted molar refractivity (Wildman–Crippen MR) is 93.8 cm³/mol. The summed E-state index contributed by atoms with van der Waals surface area (Å²) < 4.78 is 5.40. The Bertz CT molecular complexity index is 604. The third-order valence-corrected chi connectivity index (χ3v) is 6.64. The lowest BCUT2D eigenvalue weighted by Crippen LogP contribution is -2.26. The van der Waals surface area contributed by atoms with Crippen LogP contribution in [0.4, 0.5) is 5.13 Å². The molecule has 0 spiro atoms. The first-order valence-corrected chi connectivity index (χ1v) is 9.72. The van der Waals surface area contributed by atoms with Gasteiger partial charge in [-0.3, -0.25) is 4.79 Å². The highest BCUT2D eigenvalue weighted by Gasteiger charge is 2.37. The quantitative estimate of drug-likeness (QED) is 0.875. The van der Waals surface area contributed by atoms with E-state index in [1.165, 1.54) is 4.88 Å². The van der Waals surface area contributed by atoms with Crippen LogP contribution in [0.15, 0.2) is 6.20 Å². The van der Waals surface area contributed by atoms with Crippen molar-refractivity contribution in [3.05, 3.63) is 11.1 Å². The summed E-state index contributed by atoms with van der Waals surface area (Å²) in [5, 5.41) is 12.5. The van der Waals surface area contributed by atoms with E-state index in [4.69, 9.17) is 10.00 Å². The number of carbonyl (C=O) groups is 1. The molecule has 24 heavy (non-hydrogen) atoms. The molecule has 0 aromatic carbocycles. The zero-order valence-corrected chi connectivity index (χ0v) is 15.0. The van der Waals surface area contributed by atoms with Crippen LogP contribution in [0.3, 0.4) is 0 Å². The molecule has 2 fully saturated rings. The molecule has 1 N–H and O–H groups in total. The molecule has 3 atom stereocenters. The molecule has 6 heteroatoms. The van der Waals surface area contributed by atoms with Gasteiger partial charge in [-0.1, -0.05) is 6.92 Å². The Balaban J connectivity index is 1.55. The highest BCUT2D eigenvalue weighted by atomic mass is 32.1. The Hall–Kier alpha value is -1.45. The third-order valence-electron chi connectivity index (χ3n) is 5.57. The Labute approximate surface area is 147 Å². The SMILES string of the molecule is C[C@@H]1C(CCC#N)CC[C@@H]1C(=O)Nc1ncc(C2CCOCC2)s1. The molecule has 1 aromatic heterocycles. The predicted octanol–water partition coefficient (Wildman–Crippen LogP) is 3.94. The fourth-order valence-electron chi connectivity index (χ4n) is 3.99. The highest BCUT2D eigenvalue weighted by molar-refractivity contribution is 7.15. The maximum absolute atomic E-state index is 12.6. The number of hydrogen-bond acceptors (Lipinski definition) is 5. The van der Waals surface area contributed by atoms with Crippen LogP contribution < -0.4 is 5.32 Å². The van der Waals surface area contributed by atoms with E-state index >= 15 is 0 Å². The number of nitrogens with zero attached hydrogens (tertiary/aromatic N) is 2. The molecule has 1 aliphatic heterocycles. The first-order valence-electron chi connectivity index (χ1n) is 8.90.